The first-order valence-corrected chi connectivity index (χ1v) is 7.78. The molecule has 0 saturated heterocycles. The molecule has 7 heteroatoms. The van der Waals surface area contributed by atoms with Gasteiger partial charge in [-0.3, -0.25) is 4.98 Å². The lowest BCUT2D eigenvalue weighted by atomic mass is 10.2. The summed E-state index contributed by atoms with van der Waals surface area (Å²) in [6.45, 7) is 0. The fourth-order valence-electron chi connectivity index (χ4n) is 1.72. The third kappa shape index (κ3) is 3.20. The number of hydrogen-bond acceptors (Lipinski definition) is 5. The van der Waals surface area contributed by atoms with E-state index < -0.39 is 10.0 Å². The second-order valence-electron chi connectivity index (χ2n) is 4.97. The molecule has 0 amide bonds. The smallest absolute Gasteiger partial charge is 0.242 e. The number of benzene rings is 1. The van der Waals surface area contributed by atoms with Crippen LogP contribution in [-0.4, -0.2) is 50.9 Å². The second kappa shape index (κ2) is 5.79. The van der Waals surface area contributed by atoms with Crippen LogP contribution in [0, 0.1) is 0 Å². The second-order valence-corrected chi connectivity index (χ2v) is 7.12. The third-order valence-corrected chi connectivity index (χ3v) is 4.84. The molecule has 0 radical (unpaired) electrons. The maximum atomic E-state index is 12.0. The SMILES string of the molecule is CN(C)c1cncc(-c2ccc(S(=O)(=O)N(C)C)cc2)n1. The van der Waals surface area contributed by atoms with Crippen molar-refractivity contribution in [2.45, 2.75) is 4.90 Å². The van der Waals surface area contributed by atoms with Gasteiger partial charge in [0.1, 0.15) is 5.82 Å². The molecule has 0 N–H and O–H groups in total. The molecule has 0 fully saturated rings. The number of nitrogens with zero attached hydrogens (tertiary/aromatic N) is 4. The van der Waals surface area contributed by atoms with Crippen LogP contribution in [0.4, 0.5) is 5.82 Å². The third-order valence-electron chi connectivity index (χ3n) is 3.01. The number of aromatic nitrogens is 2. The van der Waals surface area contributed by atoms with Crippen molar-refractivity contribution in [2.75, 3.05) is 33.1 Å². The molecule has 0 bridgehead atoms. The molecule has 2 aromatic rings. The predicted molar refractivity (Wildman–Crippen MR) is 82.7 cm³/mol. The molecule has 21 heavy (non-hydrogen) atoms. The van der Waals surface area contributed by atoms with E-state index in [2.05, 4.69) is 9.97 Å². The number of sulfonamides is 1. The molecule has 0 saturated carbocycles. The van der Waals surface area contributed by atoms with Crippen molar-refractivity contribution >= 4 is 15.8 Å². The van der Waals surface area contributed by atoms with Gasteiger partial charge in [0.2, 0.25) is 10.0 Å². The highest BCUT2D eigenvalue weighted by Gasteiger charge is 2.16. The van der Waals surface area contributed by atoms with Gasteiger partial charge in [0.15, 0.2) is 0 Å². The van der Waals surface area contributed by atoms with Gasteiger partial charge in [-0.15, -0.1) is 0 Å². The van der Waals surface area contributed by atoms with Crippen LogP contribution in [0.15, 0.2) is 41.6 Å². The van der Waals surface area contributed by atoms with Gasteiger partial charge in [-0.2, -0.15) is 0 Å². The van der Waals surface area contributed by atoms with Gasteiger partial charge in [0.25, 0.3) is 0 Å². The summed E-state index contributed by atoms with van der Waals surface area (Å²) in [7, 11) is 3.39. The van der Waals surface area contributed by atoms with Gasteiger partial charge in [0.05, 0.1) is 23.0 Å². The minimum absolute atomic E-state index is 0.257. The zero-order chi connectivity index (χ0) is 15.6. The zero-order valence-corrected chi connectivity index (χ0v) is 13.3. The average Bonchev–Trinajstić information content (AvgIpc) is 2.47. The fourth-order valence-corrected chi connectivity index (χ4v) is 2.62. The van der Waals surface area contributed by atoms with Crippen molar-refractivity contribution in [3.05, 3.63) is 36.7 Å². The number of anilines is 1. The molecule has 0 aliphatic carbocycles. The van der Waals surface area contributed by atoms with E-state index in [1.165, 1.54) is 18.4 Å². The Bertz CT molecular complexity index is 725. The van der Waals surface area contributed by atoms with Crippen LogP contribution in [-0.2, 0) is 10.0 Å². The van der Waals surface area contributed by atoms with Gasteiger partial charge in [-0.25, -0.2) is 17.7 Å². The maximum Gasteiger partial charge on any atom is 0.242 e. The largest absolute Gasteiger partial charge is 0.361 e. The molecule has 6 nitrogen and oxygen atoms in total. The van der Waals surface area contributed by atoms with Crippen molar-refractivity contribution in [3.63, 3.8) is 0 Å². The first-order valence-electron chi connectivity index (χ1n) is 6.34. The molecule has 112 valence electrons. The van der Waals surface area contributed by atoms with Gasteiger partial charge in [-0.1, -0.05) is 12.1 Å². The van der Waals surface area contributed by atoms with Crippen LogP contribution in [0.5, 0.6) is 0 Å². The van der Waals surface area contributed by atoms with Gasteiger partial charge >= 0.3 is 0 Å². The summed E-state index contributed by atoms with van der Waals surface area (Å²) >= 11 is 0. The normalized spacial score (nSPS) is 11.7. The van der Waals surface area contributed by atoms with Crippen molar-refractivity contribution in [1.29, 1.82) is 0 Å². The van der Waals surface area contributed by atoms with Crippen molar-refractivity contribution in [2.24, 2.45) is 0 Å². The lowest BCUT2D eigenvalue weighted by Crippen LogP contribution is -2.22. The summed E-state index contributed by atoms with van der Waals surface area (Å²) in [5, 5.41) is 0. The van der Waals surface area contributed by atoms with Gasteiger partial charge < -0.3 is 4.90 Å². The van der Waals surface area contributed by atoms with Gasteiger partial charge in [-0.05, 0) is 12.1 Å². The van der Waals surface area contributed by atoms with E-state index in [4.69, 9.17) is 0 Å². The average molecular weight is 306 g/mol. The van der Waals surface area contributed by atoms with E-state index in [1.54, 1.807) is 36.7 Å². The molecule has 1 aromatic carbocycles. The van der Waals surface area contributed by atoms with Crippen LogP contribution in [0.1, 0.15) is 0 Å². The molecular formula is C14H18N4O2S. The minimum atomic E-state index is -3.41. The van der Waals surface area contributed by atoms with E-state index in [9.17, 15) is 8.42 Å². The van der Waals surface area contributed by atoms with E-state index in [-0.39, 0.29) is 4.90 Å². The lowest BCUT2D eigenvalue weighted by Gasteiger charge is -2.13. The fraction of sp³-hybridized carbons (Fsp3) is 0.286. The Morgan fingerprint density at radius 1 is 0.952 bits per heavy atom. The van der Waals surface area contributed by atoms with Crippen molar-refractivity contribution < 1.29 is 8.42 Å². The van der Waals surface area contributed by atoms with Gasteiger partial charge in [0, 0.05) is 33.8 Å². The zero-order valence-electron chi connectivity index (χ0n) is 12.5. The van der Waals surface area contributed by atoms with Crippen LogP contribution < -0.4 is 4.90 Å². The van der Waals surface area contributed by atoms with E-state index in [0.29, 0.717) is 5.69 Å². The molecule has 0 aliphatic heterocycles. The molecule has 1 aromatic heterocycles. The quantitative estimate of drug-likeness (QED) is 0.855. The summed E-state index contributed by atoms with van der Waals surface area (Å²) in [6.07, 6.45) is 3.33. The summed E-state index contributed by atoms with van der Waals surface area (Å²) in [5.41, 5.74) is 1.53. The maximum absolute atomic E-state index is 12.0. The Balaban J connectivity index is 2.38. The predicted octanol–water partition coefficient (Wildman–Crippen LogP) is 1.46. The Hall–Kier alpha value is -1.99. The Kier molecular flexibility index (Phi) is 4.24. The molecule has 0 aliphatic rings. The number of hydrogen-bond donors (Lipinski definition) is 0. The van der Waals surface area contributed by atoms with E-state index >= 15 is 0 Å². The highest BCUT2D eigenvalue weighted by Crippen LogP contribution is 2.21. The highest BCUT2D eigenvalue weighted by molar-refractivity contribution is 7.89. The first kappa shape index (κ1) is 15.4. The Morgan fingerprint density at radius 2 is 1.57 bits per heavy atom. The van der Waals surface area contributed by atoms with Crippen LogP contribution >= 0.6 is 0 Å². The summed E-state index contributed by atoms with van der Waals surface area (Å²) < 4.78 is 25.2. The molecule has 1 heterocycles. The topological polar surface area (TPSA) is 66.4 Å². The summed E-state index contributed by atoms with van der Waals surface area (Å²) in [4.78, 5) is 10.7. The highest BCUT2D eigenvalue weighted by atomic mass is 32.2. The molecule has 0 spiro atoms. The summed E-state index contributed by atoms with van der Waals surface area (Å²) in [5.74, 6) is 0.748. The Labute approximate surface area is 125 Å². The Morgan fingerprint density at radius 3 is 2.10 bits per heavy atom. The molecule has 0 atom stereocenters. The van der Waals surface area contributed by atoms with Crippen LogP contribution in [0.2, 0.25) is 0 Å². The van der Waals surface area contributed by atoms with Crippen LogP contribution in [0.3, 0.4) is 0 Å². The van der Waals surface area contributed by atoms with Crippen molar-refractivity contribution in [1.82, 2.24) is 14.3 Å². The monoisotopic (exact) mass is 306 g/mol. The van der Waals surface area contributed by atoms with Crippen molar-refractivity contribution in [3.8, 4) is 11.3 Å². The molecule has 2 rings (SSSR count). The van der Waals surface area contributed by atoms with E-state index in [0.717, 1.165) is 11.4 Å². The molecule has 0 unspecified atom stereocenters. The lowest BCUT2D eigenvalue weighted by molar-refractivity contribution is 0.521. The first-order chi connectivity index (χ1) is 9.82. The minimum Gasteiger partial charge on any atom is -0.361 e. The number of rotatable bonds is 4. The van der Waals surface area contributed by atoms with Crippen LogP contribution in [0.25, 0.3) is 11.3 Å². The summed E-state index contributed by atoms with van der Waals surface area (Å²) in [6, 6.07) is 6.63. The standard InChI is InChI=1S/C14H18N4O2S/c1-17(2)14-10-15-9-13(16-14)11-5-7-12(8-6-11)21(19,20)18(3)4/h5-10H,1-4H3. The molecular weight excluding hydrogens is 288 g/mol. The van der Waals surface area contributed by atoms with E-state index in [1.807, 2.05) is 19.0 Å².